The minimum absolute atomic E-state index is 0.290. The molecule has 226 valence electrons. The van der Waals surface area contributed by atoms with E-state index in [1.807, 2.05) is 13.8 Å². The highest BCUT2D eigenvalue weighted by molar-refractivity contribution is 5.79. The quantitative estimate of drug-likeness (QED) is 0.174. The number of benzene rings is 4. The molecule has 0 saturated heterocycles. The fourth-order valence-electron chi connectivity index (χ4n) is 5.54. The van der Waals surface area contributed by atoms with E-state index in [4.69, 9.17) is 0 Å². The second-order valence-electron chi connectivity index (χ2n) is 12.3. The minimum Gasteiger partial charge on any atom is -0.311 e. The zero-order valence-corrected chi connectivity index (χ0v) is 27.9. The van der Waals surface area contributed by atoms with Crippen molar-refractivity contribution in [3.05, 3.63) is 139 Å². The summed E-state index contributed by atoms with van der Waals surface area (Å²) in [6.45, 7) is 19.9. The molecular weight excluding hydrogens is 520 g/mol. The van der Waals surface area contributed by atoms with Crippen molar-refractivity contribution in [3.63, 3.8) is 0 Å². The normalized spacial score (nSPS) is 12.6. The van der Waals surface area contributed by atoms with E-state index in [1.165, 1.54) is 12.0 Å². The smallest absolute Gasteiger partial charge is 0.0463 e. The van der Waals surface area contributed by atoms with E-state index in [0.717, 1.165) is 34.1 Å². The van der Waals surface area contributed by atoms with Gasteiger partial charge in [0.1, 0.15) is 0 Å². The summed E-state index contributed by atoms with van der Waals surface area (Å²) in [6.07, 6.45) is 7.57. The molecule has 4 rings (SSSR count). The van der Waals surface area contributed by atoms with E-state index < -0.39 is 0 Å². The Labute approximate surface area is 262 Å². The van der Waals surface area contributed by atoms with Crippen LogP contribution in [-0.2, 0) is 0 Å². The van der Waals surface area contributed by atoms with Gasteiger partial charge in [0, 0.05) is 34.1 Å². The van der Waals surface area contributed by atoms with Gasteiger partial charge in [-0.1, -0.05) is 109 Å². The molecule has 2 heteroatoms. The third-order valence-electron chi connectivity index (χ3n) is 7.50. The van der Waals surface area contributed by atoms with Gasteiger partial charge in [-0.15, -0.1) is 0 Å². The molecule has 0 radical (unpaired) electrons. The molecule has 0 saturated carbocycles. The zero-order valence-electron chi connectivity index (χ0n) is 27.9. The van der Waals surface area contributed by atoms with Gasteiger partial charge in [0.25, 0.3) is 0 Å². The summed E-state index contributed by atoms with van der Waals surface area (Å²) >= 11 is 0. The van der Waals surface area contributed by atoms with Crippen LogP contribution in [0.5, 0.6) is 0 Å². The van der Waals surface area contributed by atoms with Crippen LogP contribution < -0.4 is 9.80 Å². The number of hydrogen-bond donors (Lipinski definition) is 0. The van der Waals surface area contributed by atoms with Gasteiger partial charge in [0.15, 0.2) is 0 Å². The molecule has 0 N–H and O–H groups in total. The molecule has 2 nitrogen and oxygen atoms in total. The third-order valence-corrected chi connectivity index (χ3v) is 7.50. The Kier molecular flexibility index (Phi) is 12.4. The van der Waals surface area contributed by atoms with Crippen LogP contribution >= 0.6 is 0 Å². The van der Waals surface area contributed by atoms with Crippen molar-refractivity contribution in [1.29, 1.82) is 0 Å². The molecule has 0 spiro atoms. The predicted molar refractivity (Wildman–Crippen MR) is 191 cm³/mol. The van der Waals surface area contributed by atoms with Crippen LogP contribution in [0.15, 0.2) is 133 Å². The SMILES string of the molecule is C/C=C\C(=C/C)N(c1ccccc1)c1ccc(N(c2ccccc2)c2ccc(C(CC(C)(C)C)C(C)C)cc2)cc1.CC. The predicted octanol–water partition coefficient (Wildman–Crippen LogP) is 13.0. The van der Waals surface area contributed by atoms with Crippen molar-refractivity contribution in [2.45, 2.75) is 74.7 Å². The van der Waals surface area contributed by atoms with Crippen molar-refractivity contribution >= 4 is 28.4 Å². The van der Waals surface area contributed by atoms with Crippen molar-refractivity contribution in [2.75, 3.05) is 9.80 Å². The second kappa shape index (κ2) is 16.0. The lowest BCUT2D eigenvalue weighted by atomic mass is 9.76. The van der Waals surface area contributed by atoms with Gasteiger partial charge >= 0.3 is 0 Å². The summed E-state index contributed by atoms with van der Waals surface area (Å²) in [6, 6.07) is 39.3. The molecule has 4 aromatic carbocycles. The third kappa shape index (κ3) is 8.97. The molecule has 1 unspecified atom stereocenters. The van der Waals surface area contributed by atoms with Crippen LogP contribution in [0.25, 0.3) is 0 Å². The largest absolute Gasteiger partial charge is 0.311 e. The van der Waals surface area contributed by atoms with Crippen molar-refractivity contribution < 1.29 is 0 Å². The maximum atomic E-state index is 2.34. The molecule has 0 fully saturated rings. The molecule has 0 aliphatic rings. The van der Waals surface area contributed by atoms with Gasteiger partial charge in [-0.3, -0.25) is 0 Å². The van der Waals surface area contributed by atoms with Crippen molar-refractivity contribution in [2.24, 2.45) is 11.3 Å². The van der Waals surface area contributed by atoms with Crippen molar-refractivity contribution in [3.8, 4) is 0 Å². The fourth-order valence-corrected chi connectivity index (χ4v) is 5.54. The Morgan fingerprint density at radius 2 is 1.05 bits per heavy atom. The Balaban J connectivity index is 0.00000248. The summed E-state index contributed by atoms with van der Waals surface area (Å²) in [5, 5.41) is 0. The summed E-state index contributed by atoms with van der Waals surface area (Å²) in [4.78, 5) is 4.64. The zero-order chi connectivity index (χ0) is 31.4. The highest BCUT2D eigenvalue weighted by Crippen LogP contribution is 2.40. The second-order valence-corrected chi connectivity index (χ2v) is 12.3. The molecule has 0 aliphatic carbocycles. The van der Waals surface area contributed by atoms with Crippen LogP contribution in [-0.4, -0.2) is 0 Å². The van der Waals surface area contributed by atoms with Gasteiger partial charge < -0.3 is 9.80 Å². The Morgan fingerprint density at radius 3 is 1.49 bits per heavy atom. The van der Waals surface area contributed by atoms with E-state index >= 15 is 0 Å². The Bertz CT molecular complexity index is 1410. The molecule has 0 bridgehead atoms. The Morgan fingerprint density at radius 1 is 0.628 bits per heavy atom. The monoisotopic (exact) mass is 572 g/mol. The molecular formula is C41H52N2. The lowest BCUT2D eigenvalue weighted by Crippen LogP contribution is -2.17. The number of allylic oxidation sites excluding steroid dienone is 3. The molecule has 0 aromatic heterocycles. The topological polar surface area (TPSA) is 6.48 Å². The van der Waals surface area contributed by atoms with Gasteiger partial charge in [-0.25, -0.2) is 0 Å². The number of anilines is 5. The maximum absolute atomic E-state index is 2.34. The fraction of sp³-hybridized carbons (Fsp3) is 0.317. The summed E-state index contributed by atoms with van der Waals surface area (Å²) in [5.41, 5.74) is 8.54. The first kappa shape index (κ1) is 33.5. The molecule has 1 atom stereocenters. The van der Waals surface area contributed by atoms with E-state index in [9.17, 15) is 0 Å². The molecule has 0 aliphatic heterocycles. The molecule has 0 heterocycles. The number of nitrogens with zero attached hydrogens (tertiary/aromatic N) is 2. The number of rotatable bonds is 10. The molecule has 4 aromatic rings. The van der Waals surface area contributed by atoms with E-state index in [-0.39, 0.29) is 0 Å². The lowest BCUT2D eigenvalue weighted by molar-refractivity contribution is 0.301. The van der Waals surface area contributed by atoms with Crippen LogP contribution in [0.1, 0.15) is 80.2 Å². The first-order chi connectivity index (χ1) is 20.7. The summed E-state index contributed by atoms with van der Waals surface area (Å²) in [7, 11) is 0. The molecule has 43 heavy (non-hydrogen) atoms. The number of para-hydroxylation sites is 2. The average Bonchev–Trinajstić information content (AvgIpc) is 3.02. The van der Waals surface area contributed by atoms with Gasteiger partial charge in [0.05, 0.1) is 0 Å². The Hall–Kier alpha value is -4.04. The lowest BCUT2D eigenvalue weighted by Gasteiger charge is -2.31. The van der Waals surface area contributed by atoms with Crippen LogP contribution in [0.2, 0.25) is 0 Å². The average molecular weight is 573 g/mol. The maximum Gasteiger partial charge on any atom is 0.0463 e. The highest BCUT2D eigenvalue weighted by atomic mass is 15.2. The van der Waals surface area contributed by atoms with Gasteiger partial charge in [0.2, 0.25) is 0 Å². The van der Waals surface area contributed by atoms with Gasteiger partial charge in [-0.2, -0.15) is 0 Å². The van der Waals surface area contributed by atoms with E-state index in [0.29, 0.717) is 17.3 Å². The van der Waals surface area contributed by atoms with E-state index in [1.54, 1.807) is 0 Å². The first-order valence-corrected chi connectivity index (χ1v) is 15.9. The van der Waals surface area contributed by atoms with Gasteiger partial charge in [-0.05, 0) is 110 Å². The van der Waals surface area contributed by atoms with E-state index in [2.05, 4.69) is 186 Å². The van der Waals surface area contributed by atoms with Crippen LogP contribution in [0.4, 0.5) is 28.4 Å². The first-order valence-electron chi connectivity index (χ1n) is 15.9. The van der Waals surface area contributed by atoms with Crippen LogP contribution in [0, 0.1) is 11.3 Å². The minimum atomic E-state index is 0.290. The molecule has 0 amide bonds. The summed E-state index contributed by atoms with van der Waals surface area (Å²) < 4.78 is 0. The summed E-state index contributed by atoms with van der Waals surface area (Å²) in [5.74, 6) is 1.13. The highest BCUT2D eigenvalue weighted by Gasteiger charge is 2.23. The standard InChI is InChI=1S/C39H46N2.C2H6/c1-8-16-32(9-2)40(33-17-12-10-13-18-33)36-25-27-37(28-26-36)41(34-19-14-11-15-20-34)35-23-21-31(22-24-35)38(30(3)4)29-39(5,6)7;1-2/h8-28,30,38H,29H2,1-7H3;1-2H3/b16-8-,32-9+;. The van der Waals surface area contributed by atoms with Crippen molar-refractivity contribution in [1.82, 2.24) is 0 Å². The number of hydrogen-bond acceptors (Lipinski definition) is 2. The van der Waals surface area contributed by atoms with Crippen LogP contribution in [0.3, 0.4) is 0 Å².